The topological polar surface area (TPSA) is 90.9 Å². The van der Waals surface area contributed by atoms with E-state index in [4.69, 9.17) is 9.47 Å². The minimum atomic E-state index is -0.590. The molecule has 140 valence electrons. The molecule has 27 heavy (non-hydrogen) atoms. The molecule has 1 aliphatic carbocycles. The lowest BCUT2D eigenvalue weighted by atomic mass is 10.2. The molecule has 0 radical (unpaired) electrons. The maximum atomic E-state index is 11.9. The van der Waals surface area contributed by atoms with Gasteiger partial charge in [-0.15, -0.1) is 0 Å². The lowest BCUT2D eigenvalue weighted by Gasteiger charge is -2.09. The van der Waals surface area contributed by atoms with Crippen LogP contribution in [0.25, 0.3) is 0 Å². The molecule has 1 N–H and O–H groups in total. The number of esters is 2. The van der Waals surface area contributed by atoms with Crippen molar-refractivity contribution in [3.63, 3.8) is 0 Å². The van der Waals surface area contributed by atoms with E-state index in [1.54, 1.807) is 24.3 Å². The Morgan fingerprint density at radius 2 is 1.78 bits per heavy atom. The number of hydrogen-bond donors (Lipinski definition) is 1. The smallest absolute Gasteiger partial charge is 0.349 e. The molecule has 1 fully saturated rings. The van der Waals surface area contributed by atoms with Crippen molar-refractivity contribution in [2.24, 2.45) is 5.92 Å². The summed E-state index contributed by atoms with van der Waals surface area (Å²) in [5, 5.41) is 2.82. The Balaban J connectivity index is 1.50. The summed E-state index contributed by atoms with van der Waals surface area (Å²) in [6.07, 6.45) is 1.85. The Labute approximate surface area is 156 Å². The predicted molar refractivity (Wildman–Crippen MR) is 96.7 cm³/mol. The van der Waals surface area contributed by atoms with Crippen LogP contribution >= 0.6 is 0 Å². The maximum absolute atomic E-state index is 11.9. The van der Waals surface area contributed by atoms with Gasteiger partial charge >= 0.3 is 11.9 Å². The predicted octanol–water partition coefficient (Wildman–Crippen LogP) is 2.81. The van der Waals surface area contributed by atoms with Crippen molar-refractivity contribution in [2.75, 3.05) is 19.0 Å². The first kappa shape index (κ1) is 18.4. The van der Waals surface area contributed by atoms with Gasteiger partial charge in [-0.1, -0.05) is 6.07 Å². The lowest BCUT2D eigenvalue weighted by Crippen LogP contribution is -2.18. The van der Waals surface area contributed by atoms with Crippen molar-refractivity contribution in [1.29, 1.82) is 0 Å². The highest BCUT2D eigenvalue weighted by Gasteiger charge is 2.29. The second-order valence-electron chi connectivity index (χ2n) is 6.07. The summed E-state index contributed by atoms with van der Waals surface area (Å²) in [4.78, 5) is 35.1. The third-order valence-corrected chi connectivity index (χ3v) is 3.91. The number of carbonyl (C=O) groups is 3. The summed E-state index contributed by atoms with van der Waals surface area (Å²) in [6, 6.07) is 12.8. The van der Waals surface area contributed by atoms with Crippen LogP contribution in [0, 0.1) is 5.92 Å². The van der Waals surface area contributed by atoms with Crippen LogP contribution in [0.2, 0.25) is 0 Å². The highest BCUT2D eigenvalue weighted by Crippen LogP contribution is 2.30. The van der Waals surface area contributed by atoms with E-state index in [-0.39, 0.29) is 18.4 Å². The first-order valence-corrected chi connectivity index (χ1v) is 8.48. The highest BCUT2D eigenvalue weighted by molar-refractivity contribution is 5.94. The molecule has 0 spiro atoms. The number of hydrogen-bond acceptors (Lipinski definition) is 6. The summed E-state index contributed by atoms with van der Waals surface area (Å²) in [6.45, 7) is -0.293. The van der Waals surface area contributed by atoms with Gasteiger partial charge in [0, 0.05) is 17.7 Å². The molecular formula is C20H19NO6. The van der Waals surface area contributed by atoms with Gasteiger partial charge in [0.1, 0.15) is 11.5 Å². The third kappa shape index (κ3) is 5.31. The van der Waals surface area contributed by atoms with Crippen LogP contribution in [0.4, 0.5) is 5.69 Å². The fraction of sp³-hybridized carbons (Fsp3) is 0.250. The Bertz CT molecular complexity index is 842. The Hall–Kier alpha value is -3.35. The zero-order valence-corrected chi connectivity index (χ0v) is 14.8. The van der Waals surface area contributed by atoms with E-state index >= 15 is 0 Å². The first-order chi connectivity index (χ1) is 13.0. The number of rotatable bonds is 7. The fourth-order valence-corrected chi connectivity index (χ4v) is 2.33. The van der Waals surface area contributed by atoms with Gasteiger partial charge in [0.05, 0.1) is 12.7 Å². The Morgan fingerprint density at radius 1 is 1.04 bits per heavy atom. The standard InChI is InChI=1S/C20H19NO6/c1-25-20(24)14-7-9-16(10-8-14)27-18(22)12-26-17-4-2-3-15(11-17)21-19(23)13-5-6-13/h2-4,7-11,13H,5-6,12H2,1H3,(H,21,23). The summed E-state index contributed by atoms with van der Waals surface area (Å²) < 4.78 is 15.2. The Kier molecular flexibility index (Phi) is 5.71. The molecule has 0 atom stereocenters. The van der Waals surface area contributed by atoms with Crippen LogP contribution in [0.3, 0.4) is 0 Å². The van der Waals surface area contributed by atoms with Gasteiger partial charge < -0.3 is 19.5 Å². The zero-order chi connectivity index (χ0) is 19.2. The number of amides is 1. The number of anilines is 1. The number of nitrogens with one attached hydrogen (secondary N) is 1. The molecule has 1 amide bonds. The summed E-state index contributed by atoms with van der Waals surface area (Å²) in [7, 11) is 1.29. The average molecular weight is 369 g/mol. The van der Waals surface area contributed by atoms with E-state index in [1.807, 2.05) is 0 Å². The van der Waals surface area contributed by atoms with Gasteiger partial charge in [-0.3, -0.25) is 4.79 Å². The van der Waals surface area contributed by atoms with Crippen molar-refractivity contribution in [1.82, 2.24) is 0 Å². The van der Waals surface area contributed by atoms with Crippen LogP contribution in [0.1, 0.15) is 23.2 Å². The molecule has 0 bridgehead atoms. The molecule has 0 unspecified atom stereocenters. The molecule has 0 aromatic heterocycles. The van der Waals surface area contributed by atoms with Crippen molar-refractivity contribution < 1.29 is 28.6 Å². The van der Waals surface area contributed by atoms with E-state index in [9.17, 15) is 14.4 Å². The summed E-state index contributed by atoms with van der Waals surface area (Å²) >= 11 is 0. The van der Waals surface area contributed by atoms with Crippen LogP contribution < -0.4 is 14.8 Å². The quantitative estimate of drug-likeness (QED) is 0.596. The molecule has 2 aromatic carbocycles. The number of benzene rings is 2. The first-order valence-electron chi connectivity index (χ1n) is 8.48. The second kappa shape index (κ2) is 8.35. The van der Waals surface area contributed by atoms with Gasteiger partial charge in [-0.05, 0) is 49.2 Å². The SMILES string of the molecule is COC(=O)c1ccc(OC(=O)COc2cccc(NC(=O)C3CC3)c2)cc1. The van der Waals surface area contributed by atoms with Crippen molar-refractivity contribution in [3.8, 4) is 11.5 Å². The zero-order valence-electron chi connectivity index (χ0n) is 14.8. The molecule has 0 heterocycles. The van der Waals surface area contributed by atoms with Crippen molar-refractivity contribution in [2.45, 2.75) is 12.8 Å². The van der Waals surface area contributed by atoms with E-state index in [0.717, 1.165) is 12.8 Å². The molecule has 1 aliphatic rings. The van der Waals surface area contributed by atoms with E-state index in [0.29, 0.717) is 22.7 Å². The second-order valence-corrected chi connectivity index (χ2v) is 6.07. The van der Waals surface area contributed by atoms with Crippen LogP contribution in [0.5, 0.6) is 11.5 Å². The van der Waals surface area contributed by atoms with Gasteiger partial charge in [0.2, 0.25) is 5.91 Å². The number of ether oxygens (including phenoxy) is 3. The van der Waals surface area contributed by atoms with Crippen LogP contribution in [-0.4, -0.2) is 31.6 Å². The molecular weight excluding hydrogens is 350 g/mol. The fourth-order valence-electron chi connectivity index (χ4n) is 2.33. The molecule has 2 aromatic rings. The van der Waals surface area contributed by atoms with E-state index in [1.165, 1.54) is 31.4 Å². The Morgan fingerprint density at radius 3 is 2.44 bits per heavy atom. The average Bonchev–Trinajstić information content (AvgIpc) is 3.52. The molecule has 7 heteroatoms. The number of methoxy groups -OCH3 is 1. The lowest BCUT2D eigenvalue weighted by molar-refractivity contribution is -0.136. The van der Waals surface area contributed by atoms with E-state index in [2.05, 4.69) is 10.1 Å². The highest BCUT2D eigenvalue weighted by atomic mass is 16.6. The van der Waals surface area contributed by atoms with Gasteiger partial charge in [-0.25, -0.2) is 9.59 Å². The van der Waals surface area contributed by atoms with Crippen LogP contribution in [0.15, 0.2) is 48.5 Å². The van der Waals surface area contributed by atoms with Gasteiger partial charge in [0.25, 0.3) is 0 Å². The van der Waals surface area contributed by atoms with Crippen LogP contribution in [-0.2, 0) is 14.3 Å². The minimum absolute atomic E-state index is 0.00182. The van der Waals surface area contributed by atoms with Gasteiger partial charge in [-0.2, -0.15) is 0 Å². The molecule has 0 saturated heterocycles. The van der Waals surface area contributed by atoms with Crippen molar-refractivity contribution >= 4 is 23.5 Å². The minimum Gasteiger partial charge on any atom is -0.482 e. The largest absolute Gasteiger partial charge is 0.482 e. The normalized spacial score (nSPS) is 12.8. The summed E-state index contributed by atoms with van der Waals surface area (Å²) in [5.41, 5.74) is 0.981. The third-order valence-electron chi connectivity index (χ3n) is 3.91. The maximum Gasteiger partial charge on any atom is 0.349 e. The van der Waals surface area contributed by atoms with E-state index < -0.39 is 11.9 Å². The molecule has 3 rings (SSSR count). The summed E-state index contributed by atoms with van der Waals surface area (Å²) in [5.74, 6) is -0.210. The van der Waals surface area contributed by atoms with Gasteiger partial charge in [0.15, 0.2) is 6.61 Å². The number of carbonyl (C=O) groups excluding carboxylic acids is 3. The van der Waals surface area contributed by atoms with Crippen molar-refractivity contribution in [3.05, 3.63) is 54.1 Å². The molecule has 1 saturated carbocycles. The molecule has 7 nitrogen and oxygen atoms in total. The molecule has 0 aliphatic heterocycles. The monoisotopic (exact) mass is 369 g/mol.